The SMILES string of the molecule is COc1ccc(CN2CC(OC)C(C3CC(c4ncc5c(=O)[nH]cnn45)CCO3)C2)cc1. The predicted octanol–water partition coefficient (Wildman–Crippen LogP) is 1.84. The van der Waals surface area contributed by atoms with Crippen LogP contribution in [0.4, 0.5) is 0 Å². The molecular formula is C23H29N5O4. The number of aromatic nitrogens is 4. The van der Waals surface area contributed by atoms with E-state index in [1.54, 1.807) is 24.9 Å². The molecule has 2 aliphatic rings. The van der Waals surface area contributed by atoms with E-state index >= 15 is 0 Å². The van der Waals surface area contributed by atoms with Crippen molar-refractivity contribution in [2.24, 2.45) is 5.92 Å². The molecule has 2 aliphatic heterocycles. The maximum Gasteiger partial charge on any atom is 0.276 e. The van der Waals surface area contributed by atoms with Gasteiger partial charge in [0.1, 0.15) is 17.9 Å². The van der Waals surface area contributed by atoms with Gasteiger partial charge in [0.25, 0.3) is 5.56 Å². The molecule has 1 N–H and O–H groups in total. The van der Waals surface area contributed by atoms with Crippen LogP contribution in [0.5, 0.6) is 5.75 Å². The van der Waals surface area contributed by atoms with Crippen LogP contribution in [0.25, 0.3) is 5.52 Å². The molecule has 170 valence electrons. The summed E-state index contributed by atoms with van der Waals surface area (Å²) in [5.74, 6) is 2.18. The van der Waals surface area contributed by atoms with Gasteiger partial charge in [-0.15, -0.1) is 0 Å². The van der Waals surface area contributed by atoms with Crippen molar-refractivity contribution in [1.29, 1.82) is 0 Å². The Morgan fingerprint density at radius 2 is 2.06 bits per heavy atom. The molecule has 4 heterocycles. The summed E-state index contributed by atoms with van der Waals surface area (Å²) in [6.45, 7) is 3.33. The molecule has 0 spiro atoms. The van der Waals surface area contributed by atoms with E-state index in [1.165, 1.54) is 11.9 Å². The number of fused-ring (bicyclic) bond motifs is 1. The molecule has 4 atom stereocenters. The van der Waals surface area contributed by atoms with E-state index in [-0.39, 0.29) is 29.6 Å². The highest BCUT2D eigenvalue weighted by Crippen LogP contribution is 2.36. The maximum atomic E-state index is 12.0. The molecule has 3 aromatic rings. The van der Waals surface area contributed by atoms with Crippen molar-refractivity contribution in [2.45, 2.75) is 37.5 Å². The van der Waals surface area contributed by atoms with Crippen molar-refractivity contribution < 1.29 is 14.2 Å². The molecule has 32 heavy (non-hydrogen) atoms. The number of hydrogen-bond donors (Lipinski definition) is 1. The number of methoxy groups -OCH3 is 2. The Hall–Kier alpha value is -2.75. The smallest absolute Gasteiger partial charge is 0.276 e. The Morgan fingerprint density at radius 3 is 2.84 bits per heavy atom. The van der Waals surface area contributed by atoms with Crippen LogP contribution in [0.2, 0.25) is 0 Å². The number of rotatable bonds is 6. The van der Waals surface area contributed by atoms with Gasteiger partial charge in [-0.1, -0.05) is 12.1 Å². The van der Waals surface area contributed by atoms with Crippen molar-refractivity contribution in [3.63, 3.8) is 0 Å². The zero-order valence-electron chi connectivity index (χ0n) is 18.4. The van der Waals surface area contributed by atoms with Gasteiger partial charge >= 0.3 is 0 Å². The predicted molar refractivity (Wildman–Crippen MR) is 118 cm³/mol. The lowest BCUT2D eigenvalue weighted by atomic mass is 9.86. The molecule has 2 fully saturated rings. The molecule has 0 amide bonds. The van der Waals surface area contributed by atoms with Crippen molar-refractivity contribution in [3.8, 4) is 5.75 Å². The van der Waals surface area contributed by atoms with Crippen LogP contribution in [0.1, 0.15) is 30.1 Å². The lowest BCUT2D eigenvalue weighted by molar-refractivity contribution is -0.0605. The van der Waals surface area contributed by atoms with Crippen LogP contribution in [0.3, 0.4) is 0 Å². The van der Waals surface area contributed by atoms with Gasteiger partial charge in [-0.3, -0.25) is 9.69 Å². The van der Waals surface area contributed by atoms with E-state index < -0.39 is 0 Å². The maximum absolute atomic E-state index is 12.0. The Labute approximate surface area is 186 Å². The average Bonchev–Trinajstić information content (AvgIpc) is 3.45. The summed E-state index contributed by atoms with van der Waals surface area (Å²) >= 11 is 0. The number of ether oxygens (including phenoxy) is 3. The molecule has 0 aliphatic carbocycles. The summed E-state index contributed by atoms with van der Waals surface area (Å²) in [5.41, 5.74) is 1.56. The monoisotopic (exact) mass is 439 g/mol. The van der Waals surface area contributed by atoms with E-state index in [0.29, 0.717) is 12.1 Å². The van der Waals surface area contributed by atoms with Gasteiger partial charge in [0.2, 0.25) is 0 Å². The topological polar surface area (TPSA) is 94.0 Å². The minimum absolute atomic E-state index is 0.0777. The second-order valence-corrected chi connectivity index (χ2v) is 8.64. The molecule has 4 unspecified atom stereocenters. The molecule has 2 aromatic heterocycles. The summed E-state index contributed by atoms with van der Waals surface area (Å²) < 4.78 is 19.0. The number of hydrogen-bond acceptors (Lipinski definition) is 7. The van der Waals surface area contributed by atoms with Gasteiger partial charge in [0, 0.05) is 45.2 Å². The van der Waals surface area contributed by atoms with Crippen molar-refractivity contribution >= 4 is 5.52 Å². The number of imidazole rings is 1. The van der Waals surface area contributed by atoms with Gasteiger partial charge in [0.15, 0.2) is 5.52 Å². The van der Waals surface area contributed by atoms with Gasteiger partial charge < -0.3 is 19.2 Å². The fourth-order valence-corrected chi connectivity index (χ4v) is 5.10. The molecule has 1 aromatic carbocycles. The van der Waals surface area contributed by atoms with Gasteiger partial charge in [-0.05, 0) is 30.5 Å². The standard InChI is InChI=1S/C23H29N5O4/c1-30-17-5-3-15(4-6-17)11-27-12-18(21(13-27)31-2)20-9-16(7-8-32-20)22-24-10-19-23(29)25-14-26-28(19)22/h3-6,10,14,16,18,20-21H,7-9,11-13H2,1-2H3,(H,25,26,29). The summed E-state index contributed by atoms with van der Waals surface area (Å²) in [5, 5.41) is 4.32. The van der Waals surface area contributed by atoms with Crippen LogP contribution in [0, 0.1) is 5.92 Å². The van der Waals surface area contributed by atoms with Crippen molar-refractivity contribution in [3.05, 3.63) is 58.5 Å². The highest BCUT2D eigenvalue weighted by molar-refractivity contribution is 5.42. The summed E-state index contributed by atoms with van der Waals surface area (Å²) in [4.78, 5) is 21.6. The highest BCUT2D eigenvalue weighted by Gasteiger charge is 2.41. The minimum Gasteiger partial charge on any atom is -0.497 e. The fourth-order valence-electron chi connectivity index (χ4n) is 5.10. The Kier molecular flexibility index (Phi) is 5.95. The average molecular weight is 440 g/mol. The summed E-state index contributed by atoms with van der Waals surface area (Å²) in [6, 6.07) is 8.22. The van der Waals surface area contributed by atoms with Gasteiger partial charge in [-0.2, -0.15) is 5.10 Å². The van der Waals surface area contributed by atoms with Crippen molar-refractivity contribution in [2.75, 3.05) is 33.9 Å². The van der Waals surface area contributed by atoms with Crippen LogP contribution >= 0.6 is 0 Å². The third kappa shape index (κ3) is 4.03. The lowest BCUT2D eigenvalue weighted by Crippen LogP contribution is -2.38. The third-order valence-corrected chi connectivity index (χ3v) is 6.78. The summed E-state index contributed by atoms with van der Waals surface area (Å²) in [7, 11) is 3.47. The quantitative estimate of drug-likeness (QED) is 0.626. The number of H-pyrrole nitrogens is 1. The summed E-state index contributed by atoms with van der Waals surface area (Å²) in [6.07, 6.45) is 4.93. The van der Waals surface area contributed by atoms with E-state index in [1.807, 2.05) is 12.1 Å². The number of benzene rings is 1. The Balaban J connectivity index is 1.29. The van der Waals surface area contributed by atoms with Gasteiger partial charge in [0.05, 0.1) is 25.5 Å². The number of nitrogens with one attached hydrogen (secondary N) is 1. The van der Waals surface area contributed by atoms with Crippen LogP contribution in [0.15, 0.2) is 41.6 Å². The number of aromatic amines is 1. The van der Waals surface area contributed by atoms with E-state index in [2.05, 4.69) is 32.1 Å². The van der Waals surface area contributed by atoms with E-state index in [9.17, 15) is 4.79 Å². The van der Waals surface area contributed by atoms with Crippen LogP contribution in [-0.2, 0) is 16.0 Å². The van der Waals surface area contributed by atoms with Crippen LogP contribution < -0.4 is 10.3 Å². The largest absolute Gasteiger partial charge is 0.497 e. The number of likely N-dealkylation sites (tertiary alicyclic amines) is 1. The second-order valence-electron chi connectivity index (χ2n) is 8.64. The fraction of sp³-hybridized carbons (Fsp3) is 0.522. The van der Waals surface area contributed by atoms with Crippen molar-refractivity contribution in [1.82, 2.24) is 24.5 Å². The molecule has 0 saturated carbocycles. The Morgan fingerprint density at radius 1 is 1.22 bits per heavy atom. The minimum atomic E-state index is -0.174. The zero-order valence-corrected chi connectivity index (χ0v) is 18.4. The van der Waals surface area contributed by atoms with E-state index in [4.69, 9.17) is 14.2 Å². The Bertz CT molecular complexity index is 1110. The first-order valence-corrected chi connectivity index (χ1v) is 11.1. The first-order chi connectivity index (χ1) is 15.7. The molecular weight excluding hydrogens is 410 g/mol. The molecule has 9 heteroatoms. The molecule has 5 rings (SSSR count). The van der Waals surface area contributed by atoms with Gasteiger partial charge in [-0.25, -0.2) is 9.50 Å². The number of nitrogens with zero attached hydrogens (tertiary/aromatic N) is 4. The molecule has 9 nitrogen and oxygen atoms in total. The molecule has 2 saturated heterocycles. The zero-order chi connectivity index (χ0) is 22.1. The van der Waals surface area contributed by atoms with E-state index in [0.717, 1.165) is 44.0 Å². The second kappa shape index (κ2) is 9.01. The first-order valence-electron chi connectivity index (χ1n) is 11.1. The molecule has 0 bridgehead atoms. The normalized spacial score (nSPS) is 26.6. The highest BCUT2D eigenvalue weighted by atomic mass is 16.5. The first kappa shape index (κ1) is 21.1. The van der Waals surface area contributed by atoms with Crippen LogP contribution in [-0.4, -0.2) is 70.6 Å². The third-order valence-electron chi connectivity index (χ3n) is 6.78. The lowest BCUT2D eigenvalue weighted by Gasteiger charge is -2.34. The molecule has 0 radical (unpaired) electrons.